The van der Waals surface area contributed by atoms with Crippen molar-refractivity contribution in [1.82, 2.24) is 15.3 Å². The van der Waals surface area contributed by atoms with Crippen molar-refractivity contribution in [3.05, 3.63) is 77.3 Å². The Morgan fingerprint density at radius 2 is 1.76 bits per heavy atom. The van der Waals surface area contributed by atoms with E-state index in [1.807, 2.05) is 0 Å². The summed E-state index contributed by atoms with van der Waals surface area (Å²) in [5, 5.41) is 36.9. The van der Waals surface area contributed by atoms with Crippen LogP contribution in [0.1, 0.15) is 18.4 Å². The molecule has 4 rings (SSSR count). The number of anilines is 2. The van der Waals surface area contributed by atoms with Gasteiger partial charge in [0.25, 0.3) is 0 Å². The number of hydrogen-bond acceptors (Lipinski definition) is 10. The van der Waals surface area contributed by atoms with Gasteiger partial charge in [0.05, 0.1) is 29.9 Å². The van der Waals surface area contributed by atoms with Gasteiger partial charge in [-0.15, -0.1) is 0 Å². The van der Waals surface area contributed by atoms with Crippen molar-refractivity contribution >= 4 is 34.0 Å². The van der Waals surface area contributed by atoms with E-state index in [1.54, 1.807) is 49.5 Å². The Hall–Kier alpha value is -3.74. The lowest BCUT2D eigenvalue weighted by atomic mass is 10.1. The molecule has 5 N–H and O–H groups in total. The third-order valence-corrected chi connectivity index (χ3v) is 6.50. The molecule has 0 amide bonds. The van der Waals surface area contributed by atoms with E-state index in [0.717, 1.165) is 0 Å². The Morgan fingerprint density at radius 1 is 0.927 bits per heavy atom. The molecule has 4 aromatic rings. The zero-order valence-electron chi connectivity index (χ0n) is 22.6. The average Bonchev–Trinajstić information content (AvgIpc) is 2.95. The number of rotatable bonds is 14. The zero-order chi connectivity index (χ0) is 29.4. The summed E-state index contributed by atoms with van der Waals surface area (Å²) in [7, 11) is 3.07. The zero-order valence-corrected chi connectivity index (χ0v) is 23.3. The number of halogens is 2. The fraction of sp³-hybridized carbons (Fsp3) is 0.310. The minimum atomic E-state index is -0.983. The summed E-state index contributed by atoms with van der Waals surface area (Å²) in [6, 6.07) is 14.7. The van der Waals surface area contributed by atoms with Crippen LogP contribution in [0.4, 0.5) is 15.9 Å². The minimum absolute atomic E-state index is 0.0211. The number of aromatic nitrogens is 2. The number of benzene rings is 3. The van der Waals surface area contributed by atoms with E-state index in [0.29, 0.717) is 50.2 Å². The van der Waals surface area contributed by atoms with Crippen LogP contribution in [0.3, 0.4) is 0 Å². The Kier molecular flexibility index (Phi) is 10.5. The second kappa shape index (κ2) is 14.2. The first-order valence-corrected chi connectivity index (χ1v) is 13.2. The number of hydrogen-bond donors (Lipinski definition) is 5. The van der Waals surface area contributed by atoms with E-state index in [4.69, 9.17) is 25.8 Å². The molecule has 1 aromatic heterocycles. The molecular weight excluding hydrogens is 555 g/mol. The summed E-state index contributed by atoms with van der Waals surface area (Å²) in [5.74, 6) is 1.34. The first-order chi connectivity index (χ1) is 19.7. The van der Waals surface area contributed by atoms with Crippen molar-refractivity contribution in [3.63, 3.8) is 0 Å². The smallest absolute Gasteiger partial charge is 0.162 e. The maximum Gasteiger partial charge on any atom is 0.162 e. The third kappa shape index (κ3) is 8.38. The predicted molar refractivity (Wildman–Crippen MR) is 153 cm³/mol. The Morgan fingerprint density at radius 3 is 2.49 bits per heavy atom. The summed E-state index contributed by atoms with van der Waals surface area (Å²) in [6.45, 7) is 0.0503. The molecule has 3 unspecified atom stereocenters. The van der Waals surface area contributed by atoms with Gasteiger partial charge < -0.3 is 34.8 Å². The van der Waals surface area contributed by atoms with Crippen molar-refractivity contribution in [3.8, 4) is 17.2 Å². The number of methoxy groups -OCH3 is 1. The van der Waals surface area contributed by atoms with Gasteiger partial charge in [-0.1, -0.05) is 23.7 Å². The fourth-order valence-electron chi connectivity index (χ4n) is 4.10. The van der Waals surface area contributed by atoms with Gasteiger partial charge in [-0.3, -0.25) is 5.32 Å². The van der Waals surface area contributed by atoms with Crippen LogP contribution in [0.5, 0.6) is 17.2 Å². The molecule has 0 fully saturated rings. The van der Waals surface area contributed by atoms with Crippen LogP contribution < -0.4 is 24.8 Å². The lowest BCUT2D eigenvalue weighted by molar-refractivity contribution is 0.0169. The molecule has 12 heteroatoms. The van der Waals surface area contributed by atoms with E-state index < -0.39 is 18.4 Å². The van der Waals surface area contributed by atoms with Gasteiger partial charge in [0.1, 0.15) is 43.2 Å². The van der Waals surface area contributed by atoms with Gasteiger partial charge in [0.15, 0.2) is 11.5 Å². The summed E-state index contributed by atoms with van der Waals surface area (Å²) < 4.78 is 30.5. The molecule has 3 atom stereocenters. The predicted octanol–water partition coefficient (Wildman–Crippen LogP) is 4.17. The van der Waals surface area contributed by atoms with Gasteiger partial charge in [0, 0.05) is 30.0 Å². The number of fused-ring (bicyclic) bond motifs is 1. The molecule has 0 saturated heterocycles. The van der Waals surface area contributed by atoms with Crippen molar-refractivity contribution in [2.75, 3.05) is 26.1 Å². The van der Waals surface area contributed by atoms with Crippen LogP contribution in [0.15, 0.2) is 60.9 Å². The Labute approximate surface area is 241 Å². The number of ether oxygens (including phenoxy) is 3. The second-order valence-electron chi connectivity index (χ2n) is 9.33. The van der Waals surface area contributed by atoms with Crippen LogP contribution in [-0.2, 0) is 6.61 Å². The van der Waals surface area contributed by atoms with Crippen LogP contribution in [-0.4, -0.2) is 64.5 Å². The maximum atomic E-state index is 13.4. The molecular formula is C29H32ClFN4O6. The van der Waals surface area contributed by atoms with Crippen molar-refractivity contribution < 1.29 is 33.9 Å². The van der Waals surface area contributed by atoms with Crippen LogP contribution >= 0.6 is 11.6 Å². The highest BCUT2D eigenvalue weighted by atomic mass is 35.5. The summed E-state index contributed by atoms with van der Waals surface area (Å²) in [5.41, 5.74) is 1.91. The molecule has 0 radical (unpaired) electrons. The Balaban J connectivity index is 1.47. The summed E-state index contributed by atoms with van der Waals surface area (Å²) >= 11 is 6.45. The maximum absolute atomic E-state index is 13.4. The van der Waals surface area contributed by atoms with E-state index in [2.05, 4.69) is 20.6 Å². The third-order valence-electron chi connectivity index (χ3n) is 6.20. The van der Waals surface area contributed by atoms with E-state index in [-0.39, 0.29) is 31.9 Å². The van der Waals surface area contributed by atoms with Crippen molar-refractivity contribution in [1.29, 1.82) is 0 Å². The van der Waals surface area contributed by atoms with Crippen molar-refractivity contribution in [2.24, 2.45) is 0 Å². The fourth-order valence-corrected chi connectivity index (χ4v) is 4.33. The van der Waals surface area contributed by atoms with Gasteiger partial charge in [-0.2, -0.15) is 0 Å². The SMILES string of the molecule is CNC(O)CC(O)CC(O)COc1cc2c(Nc3ccc(OCc4cccc(F)c4)c(Cl)c3)ncnc2cc1OC. The summed E-state index contributed by atoms with van der Waals surface area (Å²) in [6.07, 6.45) is -1.26. The standard InChI is InChI=1S/C29H32ClFN4O6/c1-32-28(38)11-20(36)10-21(37)15-41-27-12-22-24(13-26(27)39-2)33-16-34-29(22)35-19-6-7-25(23(30)9-19)40-14-17-4-3-5-18(31)8-17/h3-9,12-13,16,20-21,28,32,36-38H,10-11,14-15H2,1-2H3,(H,33,34,35). The number of aliphatic hydroxyl groups is 3. The lowest BCUT2D eigenvalue weighted by Gasteiger charge is -2.19. The first-order valence-electron chi connectivity index (χ1n) is 12.9. The Bertz CT molecular complexity index is 1460. The molecule has 41 heavy (non-hydrogen) atoms. The largest absolute Gasteiger partial charge is 0.493 e. The van der Waals surface area contributed by atoms with Gasteiger partial charge in [-0.05, 0) is 49.0 Å². The first kappa shape index (κ1) is 30.2. The molecule has 10 nitrogen and oxygen atoms in total. The van der Waals surface area contributed by atoms with E-state index >= 15 is 0 Å². The van der Waals surface area contributed by atoms with E-state index in [1.165, 1.54) is 25.6 Å². The number of nitrogens with zero attached hydrogens (tertiary/aromatic N) is 2. The van der Waals surface area contributed by atoms with Crippen LogP contribution in [0, 0.1) is 5.82 Å². The van der Waals surface area contributed by atoms with E-state index in [9.17, 15) is 19.7 Å². The number of aliphatic hydroxyl groups excluding tert-OH is 3. The summed E-state index contributed by atoms with van der Waals surface area (Å²) in [4.78, 5) is 8.69. The molecule has 1 heterocycles. The minimum Gasteiger partial charge on any atom is -0.493 e. The molecule has 0 aliphatic rings. The van der Waals surface area contributed by atoms with Gasteiger partial charge >= 0.3 is 0 Å². The lowest BCUT2D eigenvalue weighted by Crippen LogP contribution is -2.32. The van der Waals surface area contributed by atoms with Gasteiger partial charge in [-0.25, -0.2) is 14.4 Å². The quantitative estimate of drug-likeness (QED) is 0.137. The van der Waals surface area contributed by atoms with Gasteiger partial charge in [0.2, 0.25) is 0 Å². The normalized spacial score (nSPS) is 13.4. The highest BCUT2D eigenvalue weighted by molar-refractivity contribution is 6.32. The average molecular weight is 587 g/mol. The molecule has 0 aliphatic carbocycles. The monoisotopic (exact) mass is 586 g/mol. The molecule has 218 valence electrons. The molecule has 0 bridgehead atoms. The molecule has 0 aliphatic heterocycles. The van der Waals surface area contributed by atoms with Crippen LogP contribution in [0.25, 0.3) is 10.9 Å². The number of nitrogens with one attached hydrogen (secondary N) is 2. The molecule has 3 aromatic carbocycles. The highest BCUT2D eigenvalue weighted by Crippen LogP contribution is 2.36. The highest BCUT2D eigenvalue weighted by Gasteiger charge is 2.18. The van der Waals surface area contributed by atoms with Crippen molar-refractivity contribution in [2.45, 2.75) is 37.9 Å². The molecule has 0 spiro atoms. The second-order valence-corrected chi connectivity index (χ2v) is 9.73. The molecule has 0 saturated carbocycles. The van der Waals surface area contributed by atoms with Crippen LogP contribution in [0.2, 0.25) is 5.02 Å². The topological polar surface area (TPSA) is 138 Å².